The summed E-state index contributed by atoms with van der Waals surface area (Å²) in [7, 11) is 1.52. The minimum absolute atomic E-state index is 0.203. The molecule has 24 heavy (non-hydrogen) atoms. The van der Waals surface area contributed by atoms with E-state index < -0.39 is 23.8 Å². The van der Waals surface area contributed by atoms with Gasteiger partial charge in [-0.25, -0.2) is 9.18 Å². The lowest BCUT2D eigenvalue weighted by molar-refractivity contribution is -0.144. The topological polar surface area (TPSA) is 84.9 Å². The van der Waals surface area contributed by atoms with Crippen LogP contribution in [0, 0.1) is 5.82 Å². The van der Waals surface area contributed by atoms with Gasteiger partial charge < -0.3 is 19.9 Å². The Morgan fingerprint density at radius 3 is 2.62 bits per heavy atom. The minimum atomic E-state index is -1.29. The normalized spacial score (nSPS) is 11.8. The van der Waals surface area contributed by atoms with Crippen LogP contribution in [0.1, 0.15) is 15.2 Å². The van der Waals surface area contributed by atoms with Crippen LogP contribution >= 0.6 is 11.3 Å². The largest absolute Gasteiger partial charge is 0.478 e. The van der Waals surface area contributed by atoms with Gasteiger partial charge >= 0.3 is 5.97 Å². The van der Waals surface area contributed by atoms with E-state index in [1.807, 2.05) is 0 Å². The molecule has 2 aromatic rings. The number of thiophene rings is 1. The monoisotopic (exact) mass is 353 g/mol. The van der Waals surface area contributed by atoms with Crippen LogP contribution in [-0.2, 0) is 16.1 Å². The maximum atomic E-state index is 12.9. The first-order valence-corrected chi connectivity index (χ1v) is 7.87. The lowest BCUT2D eigenvalue weighted by Gasteiger charge is -2.16. The van der Waals surface area contributed by atoms with Gasteiger partial charge in [-0.2, -0.15) is 0 Å². The van der Waals surface area contributed by atoms with Crippen molar-refractivity contribution in [3.63, 3.8) is 0 Å². The molecule has 1 aromatic carbocycles. The quantitative estimate of drug-likeness (QED) is 0.761. The van der Waals surface area contributed by atoms with Crippen molar-refractivity contribution in [1.82, 2.24) is 5.32 Å². The summed E-state index contributed by atoms with van der Waals surface area (Å²) in [6.07, 6.45) is -1.29. The van der Waals surface area contributed by atoms with Crippen LogP contribution in [0.3, 0.4) is 0 Å². The Morgan fingerprint density at radius 2 is 2.00 bits per heavy atom. The standard InChI is InChI=1S/C16H16FNO5S/c1-22-9-10-6-7-24-14(10)15(19)18-8-13(16(20)21)23-12-4-2-11(17)3-5-12/h2-7,13H,8-9H2,1H3,(H,18,19)(H,20,21). The molecule has 128 valence electrons. The van der Waals surface area contributed by atoms with Crippen molar-refractivity contribution < 1.29 is 28.6 Å². The number of hydrogen-bond donors (Lipinski definition) is 2. The average molecular weight is 353 g/mol. The molecule has 0 bridgehead atoms. The zero-order chi connectivity index (χ0) is 17.5. The van der Waals surface area contributed by atoms with Gasteiger partial charge in [-0.05, 0) is 35.7 Å². The highest BCUT2D eigenvalue weighted by atomic mass is 32.1. The first kappa shape index (κ1) is 17.9. The smallest absolute Gasteiger partial charge is 0.346 e. The third-order valence-corrected chi connectivity index (χ3v) is 4.02. The number of carbonyl (C=O) groups excluding carboxylic acids is 1. The molecule has 0 radical (unpaired) electrons. The Bertz CT molecular complexity index is 701. The third kappa shape index (κ3) is 4.77. The fourth-order valence-electron chi connectivity index (χ4n) is 1.93. The van der Waals surface area contributed by atoms with Gasteiger partial charge in [-0.1, -0.05) is 0 Å². The van der Waals surface area contributed by atoms with E-state index in [1.165, 1.54) is 30.6 Å². The molecule has 0 saturated carbocycles. The van der Waals surface area contributed by atoms with Crippen LogP contribution in [0.4, 0.5) is 4.39 Å². The fraction of sp³-hybridized carbons (Fsp3) is 0.250. The van der Waals surface area contributed by atoms with Crippen molar-refractivity contribution in [3.05, 3.63) is 52.0 Å². The Labute approximate surface area is 141 Å². The summed E-state index contributed by atoms with van der Waals surface area (Å²) < 4.78 is 23.1. The van der Waals surface area contributed by atoms with Gasteiger partial charge in [0, 0.05) is 12.7 Å². The number of carboxylic acid groups (broad SMARTS) is 1. The number of amides is 1. The van der Waals surface area contributed by atoms with Crippen LogP contribution in [0.15, 0.2) is 35.7 Å². The van der Waals surface area contributed by atoms with E-state index in [0.29, 0.717) is 11.5 Å². The summed E-state index contributed by atoms with van der Waals surface area (Å²) >= 11 is 1.24. The van der Waals surface area contributed by atoms with E-state index >= 15 is 0 Å². The molecule has 0 fully saturated rings. The highest BCUT2D eigenvalue weighted by molar-refractivity contribution is 7.12. The summed E-state index contributed by atoms with van der Waals surface area (Å²) in [4.78, 5) is 23.9. The predicted octanol–water partition coefficient (Wildman–Crippen LogP) is 2.30. The summed E-state index contributed by atoms with van der Waals surface area (Å²) in [6.45, 7) is 0.0660. The van der Waals surface area contributed by atoms with Gasteiger partial charge in [0.15, 0.2) is 0 Å². The second-order valence-electron chi connectivity index (χ2n) is 4.82. The Hall–Kier alpha value is -2.45. The molecule has 1 aromatic heterocycles. The van der Waals surface area contributed by atoms with Crippen molar-refractivity contribution in [1.29, 1.82) is 0 Å². The molecule has 8 heteroatoms. The highest BCUT2D eigenvalue weighted by Gasteiger charge is 2.22. The highest BCUT2D eigenvalue weighted by Crippen LogP contribution is 2.18. The van der Waals surface area contributed by atoms with E-state index in [2.05, 4.69) is 5.32 Å². The van der Waals surface area contributed by atoms with E-state index in [1.54, 1.807) is 11.4 Å². The first-order valence-electron chi connectivity index (χ1n) is 6.99. The van der Waals surface area contributed by atoms with Crippen molar-refractivity contribution >= 4 is 23.2 Å². The number of carbonyl (C=O) groups is 2. The summed E-state index contributed by atoms with van der Waals surface area (Å²) in [5, 5.41) is 13.5. The summed E-state index contributed by atoms with van der Waals surface area (Å²) in [6, 6.07) is 6.74. The van der Waals surface area contributed by atoms with E-state index in [9.17, 15) is 19.1 Å². The van der Waals surface area contributed by atoms with Crippen molar-refractivity contribution in [2.45, 2.75) is 12.7 Å². The third-order valence-electron chi connectivity index (χ3n) is 3.07. The Kier molecular flexibility index (Phi) is 6.28. The maximum absolute atomic E-state index is 12.9. The molecule has 1 unspecified atom stereocenters. The van der Waals surface area contributed by atoms with Gasteiger partial charge in [0.1, 0.15) is 11.6 Å². The second-order valence-corrected chi connectivity index (χ2v) is 5.73. The molecular formula is C16H16FNO5S. The summed E-state index contributed by atoms with van der Waals surface area (Å²) in [5.74, 6) is -1.88. The van der Waals surface area contributed by atoms with Gasteiger partial charge in [0.2, 0.25) is 6.10 Å². The van der Waals surface area contributed by atoms with Crippen LogP contribution < -0.4 is 10.1 Å². The number of hydrogen-bond acceptors (Lipinski definition) is 5. The Morgan fingerprint density at radius 1 is 1.29 bits per heavy atom. The van der Waals surface area contributed by atoms with Gasteiger partial charge in [0.25, 0.3) is 5.91 Å². The van der Waals surface area contributed by atoms with Gasteiger partial charge in [-0.15, -0.1) is 11.3 Å². The number of carboxylic acids is 1. The molecule has 0 aliphatic carbocycles. The predicted molar refractivity (Wildman–Crippen MR) is 85.8 cm³/mol. The van der Waals surface area contributed by atoms with Crippen LogP contribution in [-0.4, -0.2) is 36.7 Å². The van der Waals surface area contributed by atoms with Crippen LogP contribution in [0.25, 0.3) is 0 Å². The lowest BCUT2D eigenvalue weighted by atomic mass is 10.2. The number of methoxy groups -OCH3 is 1. The number of ether oxygens (including phenoxy) is 2. The molecule has 6 nitrogen and oxygen atoms in total. The van der Waals surface area contributed by atoms with Crippen molar-refractivity contribution in [2.24, 2.45) is 0 Å². The molecule has 0 spiro atoms. The van der Waals surface area contributed by atoms with Crippen LogP contribution in [0.5, 0.6) is 5.75 Å². The zero-order valence-electron chi connectivity index (χ0n) is 12.8. The maximum Gasteiger partial charge on any atom is 0.346 e. The van der Waals surface area contributed by atoms with Crippen molar-refractivity contribution in [3.8, 4) is 5.75 Å². The van der Waals surface area contributed by atoms with E-state index in [0.717, 1.165) is 17.7 Å². The van der Waals surface area contributed by atoms with Crippen molar-refractivity contribution in [2.75, 3.05) is 13.7 Å². The zero-order valence-corrected chi connectivity index (χ0v) is 13.6. The Balaban J connectivity index is 1.98. The molecule has 0 saturated heterocycles. The molecule has 1 atom stereocenters. The molecule has 0 aliphatic rings. The number of aliphatic carboxylic acids is 1. The number of halogens is 1. The first-order chi connectivity index (χ1) is 11.5. The molecule has 0 aliphatic heterocycles. The molecule has 1 amide bonds. The van der Waals surface area contributed by atoms with E-state index in [4.69, 9.17) is 9.47 Å². The lowest BCUT2D eigenvalue weighted by Crippen LogP contribution is -2.40. The molecule has 2 rings (SSSR count). The number of nitrogens with one attached hydrogen (secondary N) is 1. The van der Waals surface area contributed by atoms with Crippen LogP contribution in [0.2, 0.25) is 0 Å². The SMILES string of the molecule is COCc1ccsc1C(=O)NCC(Oc1ccc(F)cc1)C(=O)O. The molecular weight excluding hydrogens is 337 g/mol. The average Bonchev–Trinajstić information content (AvgIpc) is 3.01. The fourth-order valence-corrected chi connectivity index (χ4v) is 2.75. The molecule has 2 N–H and O–H groups in total. The van der Waals surface area contributed by atoms with E-state index in [-0.39, 0.29) is 12.3 Å². The number of rotatable bonds is 8. The summed E-state index contributed by atoms with van der Waals surface area (Å²) in [5.41, 5.74) is 0.728. The minimum Gasteiger partial charge on any atom is -0.478 e. The second kappa shape index (κ2) is 8.42. The molecule has 1 heterocycles. The van der Waals surface area contributed by atoms with Gasteiger partial charge in [0.05, 0.1) is 18.0 Å². The number of benzene rings is 1. The van der Waals surface area contributed by atoms with Gasteiger partial charge in [-0.3, -0.25) is 4.79 Å².